The number of hydrogen-bond acceptors (Lipinski definition) is 4. The summed E-state index contributed by atoms with van der Waals surface area (Å²) in [4.78, 5) is 0. The molecule has 0 saturated heterocycles. The summed E-state index contributed by atoms with van der Waals surface area (Å²) < 4.78 is 1.87. The summed E-state index contributed by atoms with van der Waals surface area (Å²) in [6.07, 6.45) is 1.67. The maximum atomic E-state index is 9.15. The third kappa shape index (κ3) is 2.08. The average molecular weight is 263 g/mol. The van der Waals surface area contributed by atoms with E-state index < -0.39 is 0 Å². The van der Waals surface area contributed by atoms with Gasteiger partial charge < -0.3 is 9.88 Å². The summed E-state index contributed by atoms with van der Waals surface area (Å²) in [5, 5.41) is 22.4. The first kappa shape index (κ1) is 12.2. The Morgan fingerprint density at radius 1 is 1.20 bits per heavy atom. The van der Waals surface area contributed by atoms with Crippen LogP contribution in [0.5, 0.6) is 0 Å². The number of rotatable bonds is 3. The van der Waals surface area contributed by atoms with Crippen molar-refractivity contribution in [2.45, 2.75) is 6.54 Å². The summed E-state index contributed by atoms with van der Waals surface area (Å²) >= 11 is 0. The van der Waals surface area contributed by atoms with Crippen molar-refractivity contribution in [2.24, 2.45) is 7.05 Å². The summed E-state index contributed by atoms with van der Waals surface area (Å²) in [5.74, 6) is 0.860. The molecule has 0 unspecified atom stereocenters. The molecule has 0 fully saturated rings. The highest BCUT2D eigenvalue weighted by molar-refractivity contribution is 5.97. The third-order valence-corrected chi connectivity index (χ3v) is 3.29. The van der Waals surface area contributed by atoms with Gasteiger partial charge in [-0.3, -0.25) is 0 Å². The molecule has 0 atom stereocenters. The summed E-state index contributed by atoms with van der Waals surface area (Å²) in [6.45, 7) is 0.590. The highest BCUT2D eigenvalue weighted by atomic mass is 15.3. The zero-order chi connectivity index (χ0) is 13.9. The zero-order valence-electron chi connectivity index (χ0n) is 11.0. The second-order valence-corrected chi connectivity index (χ2v) is 4.53. The van der Waals surface area contributed by atoms with E-state index in [1.165, 1.54) is 0 Å². The van der Waals surface area contributed by atoms with Crippen molar-refractivity contribution >= 4 is 16.5 Å². The van der Waals surface area contributed by atoms with Crippen molar-refractivity contribution in [1.29, 1.82) is 5.26 Å². The number of fused-ring (bicyclic) bond motifs is 1. The normalized spacial score (nSPS) is 10.4. The standard InChI is InChI=1S/C15H13N5/c1-20-10-18-19-15(20)9-17-14-7-6-11(8-16)12-4-2-3-5-13(12)14/h2-7,10,17H,9H2,1H3. The van der Waals surface area contributed by atoms with E-state index >= 15 is 0 Å². The molecule has 0 spiro atoms. The second-order valence-electron chi connectivity index (χ2n) is 4.53. The van der Waals surface area contributed by atoms with Crippen molar-refractivity contribution in [3.63, 3.8) is 0 Å². The summed E-state index contributed by atoms with van der Waals surface area (Å²) in [6, 6.07) is 13.9. The van der Waals surface area contributed by atoms with Crippen LogP contribution in [-0.2, 0) is 13.6 Å². The first-order valence-electron chi connectivity index (χ1n) is 6.28. The van der Waals surface area contributed by atoms with Crippen LogP contribution >= 0.6 is 0 Å². The zero-order valence-corrected chi connectivity index (χ0v) is 11.0. The lowest BCUT2D eigenvalue weighted by atomic mass is 10.0. The van der Waals surface area contributed by atoms with E-state index in [-0.39, 0.29) is 0 Å². The molecule has 0 amide bonds. The van der Waals surface area contributed by atoms with Gasteiger partial charge in [-0.1, -0.05) is 24.3 Å². The van der Waals surface area contributed by atoms with Gasteiger partial charge in [-0.2, -0.15) is 5.26 Å². The fraction of sp³-hybridized carbons (Fsp3) is 0.133. The Labute approximate surface area is 116 Å². The van der Waals surface area contributed by atoms with Gasteiger partial charge in [0, 0.05) is 23.5 Å². The van der Waals surface area contributed by atoms with E-state index in [0.29, 0.717) is 12.1 Å². The molecule has 98 valence electrons. The molecule has 2 aromatic carbocycles. The monoisotopic (exact) mass is 263 g/mol. The Morgan fingerprint density at radius 3 is 2.70 bits per heavy atom. The minimum Gasteiger partial charge on any atom is -0.377 e. The first-order valence-corrected chi connectivity index (χ1v) is 6.28. The van der Waals surface area contributed by atoms with E-state index in [4.69, 9.17) is 5.26 Å². The molecule has 0 aliphatic carbocycles. The average Bonchev–Trinajstić information content (AvgIpc) is 2.90. The van der Waals surface area contributed by atoms with E-state index in [2.05, 4.69) is 21.6 Å². The molecule has 3 aromatic rings. The van der Waals surface area contributed by atoms with Gasteiger partial charge in [0.15, 0.2) is 5.82 Å². The Bertz CT molecular complexity index is 797. The number of anilines is 1. The third-order valence-electron chi connectivity index (χ3n) is 3.29. The summed E-state index contributed by atoms with van der Waals surface area (Å²) in [5.41, 5.74) is 1.67. The first-order chi connectivity index (χ1) is 9.79. The maximum absolute atomic E-state index is 9.15. The van der Waals surface area contributed by atoms with Crippen LogP contribution in [0.1, 0.15) is 11.4 Å². The van der Waals surface area contributed by atoms with Crippen LogP contribution in [-0.4, -0.2) is 14.8 Å². The number of nitrogens with one attached hydrogen (secondary N) is 1. The molecule has 0 radical (unpaired) electrons. The van der Waals surface area contributed by atoms with E-state index in [9.17, 15) is 0 Å². The van der Waals surface area contributed by atoms with Crippen molar-refractivity contribution in [3.05, 3.63) is 54.1 Å². The van der Waals surface area contributed by atoms with E-state index in [0.717, 1.165) is 22.3 Å². The van der Waals surface area contributed by atoms with Gasteiger partial charge in [-0.25, -0.2) is 0 Å². The predicted molar refractivity (Wildman–Crippen MR) is 77.0 cm³/mol. The Kier molecular flexibility index (Phi) is 3.05. The minimum atomic E-state index is 0.590. The maximum Gasteiger partial charge on any atom is 0.151 e. The van der Waals surface area contributed by atoms with Gasteiger partial charge in [-0.05, 0) is 12.1 Å². The molecule has 5 nitrogen and oxygen atoms in total. The fourth-order valence-corrected chi connectivity index (χ4v) is 2.19. The molecule has 1 heterocycles. The Morgan fingerprint density at radius 2 is 2.00 bits per heavy atom. The molecular formula is C15H13N5. The van der Waals surface area contributed by atoms with Gasteiger partial charge >= 0.3 is 0 Å². The van der Waals surface area contributed by atoms with Crippen LogP contribution in [0.2, 0.25) is 0 Å². The van der Waals surface area contributed by atoms with Crippen LogP contribution in [0.3, 0.4) is 0 Å². The van der Waals surface area contributed by atoms with Gasteiger partial charge in [-0.15, -0.1) is 10.2 Å². The lowest BCUT2D eigenvalue weighted by Gasteiger charge is -2.10. The molecule has 1 aromatic heterocycles. The van der Waals surface area contributed by atoms with Crippen LogP contribution in [0.25, 0.3) is 10.8 Å². The van der Waals surface area contributed by atoms with Crippen molar-refractivity contribution < 1.29 is 0 Å². The highest BCUT2D eigenvalue weighted by Gasteiger charge is 2.06. The van der Waals surface area contributed by atoms with Crippen LogP contribution in [0.4, 0.5) is 5.69 Å². The SMILES string of the molecule is Cn1cnnc1CNc1ccc(C#N)c2ccccc12. The molecule has 0 saturated carbocycles. The smallest absolute Gasteiger partial charge is 0.151 e. The van der Waals surface area contributed by atoms with E-state index in [1.807, 2.05) is 48.0 Å². The number of aryl methyl sites for hydroxylation is 1. The van der Waals surface area contributed by atoms with Crippen LogP contribution in [0, 0.1) is 11.3 Å². The number of nitrogens with zero attached hydrogens (tertiary/aromatic N) is 4. The minimum absolute atomic E-state index is 0.590. The lowest BCUT2D eigenvalue weighted by molar-refractivity contribution is 0.813. The van der Waals surface area contributed by atoms with Gasteiger partial charge in [0.2, 0.25) is 0 Å². The molecule has 1 N–H and O–H groups in total. The Hall–Kier alpha value is -2.87. The summed E-state index contributed by atoms with van der Waals surface area (Å²) in [7, 11) is 1.91. The molecule has 5 heteroatoms. The molecule has 0 aliphatic rings. The molecule has 0 aliphatic heterocycles. The van der Waals surface area contributed by atoms with Crippen molar-refractivity contribution in [1.82, 2.24) is 14.8 Å². The predicted octanol–water partition coefficient (Wildman–Crippen LogP) is 2.45. The molecule has 20 heavy (non-hydrogen) atoms. The van der Waals surface area contributed by atoms with Crippen LogP contribution in [0.15, 0.2) is 42.7 Å². The molecule has 3 rings (SSSR count). The number of nitriles is 1. The van der Waals surface area contributed by atoms with Crippen molar-refractivity contribution in [3.8, 4) is 6.07 Å². The topological polar surface area (TPSA) is 66.5 Å². The van der Waals surface area contributed by atoms with Gasteiger partial charge in [0.1, 0.15) is 6.33 Å². The number of benzene rings is 2. The highest BCUT2D eigenvalue weighted by Crippen LogP contribution is 2.26. The molecule has 0 bridgehead atoms. The quantitative estimate of drug-likeness (QED) is 0.788. The van der Waals surface area contributed by atoms with Gasteiger partial charge in [0.25, 0.3) is 0 Å². The number of hydrogen-bond donors (Lipinski definition) is 1. The second kappa shape index (κ2) is 5.02. The lowest BCUT2D eigenvalue weighted by Crippen LogP contribution is -2.06. The number of aromatic nitrogens is 3. The fourth-order valence-electron chi connectivity index (χ4n) is 2.19. The molecular weight excluding hydrogens is 250 g/mol. The van der Waals surface area contributed by atoms with Crippen LogP contribution < -0.4 is 5.32 Å². The largest absolute Gasteiger partial charge is 0.377 e. The van der Waals surface area contributed by atoms with Gasteiger partial charge in [0.05, 0.1) is 18.2 Å². The van der Waals surface area contributed by atoms with E-state index in [1.54, 1.807) is 6.33 Å². The van der Waals surface area contributed by atoms with Crippen molar-refractivity contribution in [2.75, 3.05) is 5.32 Å². The Balaban J connectivity index is 1.97.